The van der Waals surface area contributed by atoms with E-state index in [9.17, 15) is 23.2 Å². The van der Waals surface area contributed by atoms with Crippen LogP contribution in [0.25, 0.3) is 0 Å². The van der Waals surface area contributed by atoms with Crippen LogP contribution in [-0.4, -0.2) is 46.7 Å². The Morgan fingerprint density at radius 1 is 1.16 bits per heavy atom. The van der Waals surface area contributed by atoms with Crippen LogP contribution in [0.15, 0.2) is 24.3 Å². The fraction of sp³-hybridized carbons (Fsp3) is 0.250. The van der Waals surface area contributed by atoms with Crippen molar-refractivity contribution in [3.8, 4) is 0 Å². The quantitative estimate of drug-likeness (QED) is 0.829. The zero-order chi connectivity index (χ0) is 14.2. The Hall–Kier alpha value is -2.31. The van der Waals surface area contributed by atoms with E-state index in [0.717, 1.165) is 0 Å². The maximum atomic E-state index is 13.4. The van der Waals surface area contributed by atoms with Crippen LogP contribution in [0.4, 0.5) is 8.78 Å². The van der Waals surface area contributed by atoms with Gasteiger partial charge in [0.1, 0.15) is 0 Å². The molecule has 1 aromatic carbocycles. The lowest BCUT2D eigenvalue weighted by atomic mass is 10.1. The van der Waals surface area contributed by atoms with Gasteiger partial charge in [0.15, 0.2) is 6.17 Å². The Labute approximate surface area is 106 Å². The average molecular weight is 269 g/mol. The molecule has 2 atom stereocenters. The second-order valence-corrected chi connectivity index (χ2v) is 4.02. The highest BCUT2D eigenvalue weighted by Crippen LogP contribution is 2.23. The summed E-state index contributed by atoms with van der Waals surface area (Å²) >= 11 is 0. The van der Waals surface area contributed by atoms with E-state index in [-0.39, 0.29) is 11.1 Å². The molecular weight excluding hydrogens is 260 g/mol. The molecule has 1 aliphatic heterocycles. The van der Waals surface area contributed by atoms with Gasteiger partial charge in [0.05, 0.1) is 17.7 Å². The third-order valence-corrected chi connectivity index (χ3v) is 2.79. The van der Waals surface area contributed by atoms with Gasteiger partial charge < -0.3 is 5.11 Å². The minimum Gasteiger partial charge on any atom is -0.479 e. The second-order valence-electron chi connectivity index (χ2n) is 4.02. The van der Waals surface area contributed by atoms with E-state index in [4.69, 9.17) is 5.11 Å². The van der Waals surface area contributed by atoms with Crippen molar-refractivity contribution in [1.29, 1.82) is 0 Å². The molecule has 0 fully saturated rings. The number of amides is 2. The molecule has 0 saturated carbocycles. The van der Waals surface area contributed by atoms with Gasteiger partial charge >= 0.3 is 5.97 Å². The van der Waals surface area contributed by atoms with Gasteiger partial charge in [-0.2, -0.15) is 0 Å². The number of nitrogens with zero attached hydrogens (tertiary/aromatic N) is 1. The van der Waals surface area contributed by atoms with Crippen molar-refractivity contribution in [2.24, 2.45) is 0 Å². The van der Waals surface area contributed by atoms with Gasteiger partial charge in [0, 0.05) is 0 Å². The van der Waals surface area contributed by atoms with Crippen molar-refractivity contribution < 1.29 is 28.3 Å². The molecule has 1 aromatic rings. The molecule has 1 aliphatic rings. The summed E-state index contributed by atoms with van der Waals surface area (Å²) in [4.78, 5) is 34.4. The number of alkyl halides is 2. The number of hydrogen-bond acceptors (Lipinski definition) is 3. The number of aliphatic carboxylic acids is 1. The molecule has 2 unspecified atom stereocenters. The van der Waals surface area contributed by atoms with Crippen molar-refractivity contribution in [3.05, 3.63) is 35.4 Å². The van der Waals surface area contributed by atoms with E-state index >= 15 is 0 Å². The van der Waals surface area contributed by atoms with E-state index in [0.29, 0.717) is 4.90 Å². The highest BCUT2D eigenvalue weighted by Gasteiger charge is 2.39. The summed E-state index contributed by atoms with van der Waals surface area (Å²) in [5.41, 5.74) is 0.205. The Kier molecular flexibility index (Phi) is 3.28. The predicted octanol–water partition coefficient (Wildman–Crippen LogP) is 1.04. The number of fused-ring (bicyclic) bond motifs is 1. The molecule has 0 aliphatic carbocycles. The maximum absolute atomic E-state index is 13.4. The first-order valence-electron chi connectivity index (χ1n) is 5.39. The number of carbonyl (C=O) groups is 3. The molecule has 7 heteroatoms. The summed E-state index contributed by atoms with van der Waals surface area (Å²) in [7, 11) is 0. The van der Waals surface area contributed by atoms with E-state index in [2.05, 4.69) is 0 Å². The SMILES string of the molecule is O=C(O)C(F)C(F)CN1C(=O)c2ccccc2C1=O. The van der Waals surface area contributed by atoms with Gasteiger partial charge in [-0.05, 0) is 12.1 Å². The van der Waals surface area contributed by atoms with Crippen LogP contribution in [0.3, 0.4) is 0 Å². The van der Waals surface area contributed by atoms with Crippen molar-refractivity contribution in [3.63, 3.8) is 0 Å². The highest BCUT2D eigenvalue weighted by molar-refractivity contribution is 6.21. The smallest absolute Gasteiger partial charge is 0.341 e. The number of rotatable bonds is 4. The molecule has 1 heterocycles. The van der Waals surface area contributed by atoms with Crippen LogP contribution >= 0.6 is 0 Å². The number of carboxylic acid groups (broad SMARTS) is 1. The van der Waals surface area contributed by atoms with Crippen LogP contribution in [0.1, 0.15) is 20.7 Å². The van der Waals surface area contributed by atoms with E-state index in [1.807, 2.05) is 0 Å². The number of halogens is 2. The zero-order valence-corrected chi connectivity index (χ0v) is 9.55. The van der Waals surface area contributed by atoms with Crippen LogP contribution in [0.5, 0.6) is 0 Å². The fourth-order valence-corrected chi connectivity index (χ4v) is 1.83. The van der Waals surface area contributed by atoms with Crippen LogP contribution in [0.2, 0.25) is 0 Å². The largest absolute Gasteiger partial charge is 0.479 e. The van der Waals surface area contributed by atoms with E-state index in [1.165, 1.54) is 24.3 Å². The van der Waals surface area contributed by atoms with Gasteiger partial charge in [-0.15, -0.1) is 0 Å². The molecule has 0 bridgehead atoms. The molecule has 2 rings (SSSR count). The summed E-state index contributed by atoms with van der Waals surface area (Å²) < 4.78 is 26.3. The highest BCUT2D eigenvalue weighted by atomic mass is 19.2. The first-order valence-corrected chi connectivity index (χ1v) is 5.39. The van der Waals surface area contributed by atoms with Crippen molar-refractivity contribution in [2.45, 2.75) is 12.3 Å². The molecule has 0 radical (unpaired) electrons. The molecule has 0 spiro atoms. The third kappa shape index (κ3) is 2.18. The van der Waals surface area contributed by atoms with E-state index < -0.39 is 36.7 Å². The number of benzene rings is 1. The standard InChI is InChI=1S/C12H9F2NO4/c13-8(9(14)12(18)19)5-15-10(16)6-3-1-2-4-7(6)11(15)17/h1-4,8-9H,5H2,(H,18,19). The summed E-state index contributed by atoms with van der Waals surface area (Å²) in [5, 5.41) is 8.33. The minimum atomic E-state index is -2.77. The lowest BCUT2D eigenvalue weighted by Crippen LogP contribution is -2.41. The Bertz CT molecular complexity index is 525. The van der Waals surface area contributed by atoms with Crippen molar-refractivity contribution in [2.75, 3.05) is 6.54 Å². The normalized spacial score (nSPS) is 17.3. The molecule has 0 saturated heterocycles. The van der Waals surface area contributed by atoms with Gasteiger partial charge in [-0.1, -0.05) is 12.1 Å². The van der Waals surface area contributed by atoms with E-state index in [1.54, 1.807) is 0 Å². The van der Waals surface area contributed by atoms with Gasteiger partial charge in [0.25, 0.3) is 11.8 Å². The Morgan fingerprint density at radius 2 is 1.63 bits per heavy atom. The molecule has 0 aromatic heterocycles. The van der Waals surface area contributed by atoms with Gasteiger partial charge in [-0.3, -0.25) is 14.5 Å². The first-order chi connectivity index (χ1) is 8.93. The molecule has 100 valence electrons. The summed E-state index contributed by atoms with van der Waals surface area (Å²) in [6, 6.07) is 5.87. The Balaban J connectivity index is 2.19. The van der Waals surface area contributed by atoms with Crippen LogP contribution in [-0.2, 0) is 4.79 Å². The number of carboxylic acids is 1. The molecular formula is C12H9F2NO4. The molecule has 2 amide bonds. The fourth-order valence-electron chi connectivity index (χ4n) is 1.83. The van der Waals surface area contributed by atoms with Crippen LogP contribution in [0, 0.1) is 0 Å². The Morgan fingerprint density at radius 3 is 2.05 bits per heavy atom. The summed E-state index contributed by atoms with van der Waals surface area (Å²) in [6.45, 7) is -0.917. The maximum Gasteiger partial charge on any atom is 0.341 e. The van der Waals surface area contributed by atoms with Crippen LogP contribution < -0.4 is 0 Å². The lowest BCUT2D eigenvalue weighted by molar-refractivity contribution is -0.145. The third-order valence-electron chi connectivity index (χ3n) is 2.79. The average Bonchev–Trinajstić information content (AvgIpc) is 2.63. The molecule has 5 nitrogen and oxygen atoms in total. The molecule has 1 N–H and O–H groups in total. The van der Waals surface area contributed by atoms with Crippen molar-refractivity contribution >= 4 is 17.8 Å². The lowest BCUT2D eigenvalue weighted by Gasteiger charge is -2.17. The summed E-state index contributed by atoms with van der Waals surface area (Å²) in [5.74, 6) is -3.47. The number of hydrogen-bond donors (Lipinski definition) is 1. The second kappa shape index (κ2) is 4.75. The first kappa shape index (κ1) is 13.1. The predicted molar refractivity (Wildman–Crippen MR) is 59.2 cm³/mol. The number of imide groups is 1. The molecule has 19 heavy (non-hydrogen) atoms. The number of carbonyl (C=O) groups excluding carboxylic acids is 2. The topological polar surface area (TPSA) is 74.7 Å². The minimum absolute atomic E-state index is 0.102. The zero-order valence-electron chi connectivity index (χ0n) is 9.55. The van der Waals surface area contributed by atoms with Gasteiger partial charge in [0.2, 0.25) is 6.17 Å². The van der Waals surface area contributed by atoms with Gasteiger partial charge in [-0.25, -0.2) is 13.6 Å². The summed E-state index contributed by atoms with van der Waals surface area (Å²) in [6.07, 6.45) is -5.23. The van der Waals surface area contributed by atoms with Crippen molar-refractivity contribution in [1.82, 2.24) is 4.90 Å². The monoisotopic (exact) mass is 269 g/mol.